The Labute approximate surface area is 225 Å². The molecule has 2 heterocycles. The van der Waals surface area contributed by atoms with Crippen LogP contribution in [-0.2, 0) is 12.0 Å². The summed E-state index contributed by atoms with van der Waals surface area (Å²) in [5.74, 6) is 3.70. The quantitative estimate of drug-likeness (QED) is 0.391. The topological polar surface area (TPSA) is 51.2 Å². The number of rotatable bonds is 6. The highest BCUT2D eigenvalue weighted by Gasteiger charge is 2.52. The van der Waals surface area contributed by atoms with Crippen molar-refractivity contribution in [1.29, 1.82) is 0 Å². The van der Waals surface area contributed by atoms with Gasteiger partial charge in [-0.1, -0.05) is 55.5 Å². The first-order valence-corrected chi connectivity index (χ1v) is 12.9. The van der Waals surface area contributed by atoms with Gasteiger partial charge in [0, 0.05) is 25.1 Å². The average Bonchev–Trinajstić information content (AvgIpc) is 3.14. The van der Waals surface area contributed by atoms with E-state index < -0.39 is 6.10 Å². The molecule has 0 aromatic heterocycles. The molecule has 1 unspecified atom stereocenters. The molecule has 0 saturated carbocycles. The molecule has 3 aromatic carbocycles. The van der Waals surface area contributed by atoms with Crippen LogP contribution in [-0.4, -0.2) is 42.4 Å². The largest absolute Gasteiger partial charge is 0.493 e. The molecule has 3 aliphatic rings. The number of aliphatic hydroxyl groups is 1. The number of hydrogen-bond acceptors (Lipinski definition) is 5. The first-order valence-electron chi connectivity index (χ1n) is 12.9. The fraction of sp³-hybridized carbons (Fsp3) is 0.355. The van der Waals surface area contributed by atoms with Gasteiger partial charge in [-0.15, -0.1) is 12.4 Å². The Morgan fingerprint density at radius 1 is 1.08 bits per heavy atom. The van der Waals surface area contributed by atoms with Crippen molar-refractivity contribution in [3.63, 3.8) is 0 Å². The summed E-state index contributed by atoms with van der Waals surface area (Å²) in [6, 6.07) is 22.6. The van der Waals surface area contributed by atoms with Gasteiger partial charge in [-0.05, 0) is 60.3 Å². The van der Waals surface area contributed by atoms with Gasteiger partial charge in [0.1, 0.15) is 17.6 Å². The van der Waals surface area contributed by atoms with Crippen LogP contribution in [0.2, 0.25) is 0 Å². The molecule has 1 aliphatic carbocycles. The van der Waals surface area contributed by atoms with Crippen molar-refractivity contribution in [2.75, 3.05) is 20.2 Å². The third-order valence-corrected chi connectivity index (χ3v) is 7.97. The van der Waals surface area contributed by atoms with E-state index in [4.69, 9.17) is 14.2 Å². The highest BCUT2D eigenvalue weighted by Crippen LogP contribution is 2.55. The van der Waals surface area contributed by atoms with Gasteiger partial charge in [-0.25, -0.2) is 0 Å². The van der Waals surface area contributed by atoms with Gasteiger partial charge < -0.3 is 19.3 Å². The van der Waals surface area contributed by atoms with Gasteiger partial charge in [0.05, 0.1) is 18.6 Å². The lowest BCUT2D eigenvalue weighted by molar-refractivity contribution is 0.0807. The Balaban J connectivity index is 0.00000280. The number of para-hydroxylation sites is 1. The van der Waals surface area contributed by atoms with E-state index in [0.29, 0.717) is 12.3 Å². The smallest absolute Gasteiger partial charge is 0.166 e. The second-order valence-electron chi connectivity index (χ2n) is 10.3. The predicted octanol–water partition coefficient (Wildman–Crippen LogP) is 6.24. The van der Waals surface area contributed by atoms with E-state index in [0.717, 1.165) is 49.1 Å². The monoisotopic (exact) mass is 519 g/mol. The summed E-state index contributed by atoms with van der Waals surface area (Å²) in [5.41, 5.74) is 3.61. The lowest BCUT2D eigenvalue weighted by atomic mass is 9.69. The van der Waals surface area contributed by atoms with Crippen LogP contribution in [0.5, 0.6) is 23.0 Å². The van der Waals surface area contributed by atoms with Crippen LogP contribution in [0.1, 0.15) is 42.4 Å². The maximum atomic E-state index is 10.3. The highest BCUT2D eigenvalue weighted by molar-refractivity contribution is 5.85. The molecule has 2 aliphatic heterocycles. The van der Waals surface area contributed by atoms with Crippen LogP contribution >= 0.6 is 12.4 Å². The second kappa shape index (κ2) is 10.4. The van der Waals surface area contributed by atoms with Crippen molar-refractivity contribution in [1.82, 2.24) is 4.90 Å². The fourth-order valence-electron chi connectivity index (χ4n) is 6.15. The number of ether oxygens (including phenoxy) is 3. The van der Waals surface area contributed by atoms with E-state index >= 15 is 0 Å². The summed E-state index contributed by atoms with van der Waals surface area (Å²) < 4.78 is 18.2. The molecule has 37 heavy (non-hydrogen) atoms. The van der Waals surface area contributed by atoms with E-state index in [-0.39, 0.29) is 23.9 Å². The number of nitrogens with zero attached hydrogens (tertiary/aromatic N) is 1. The third-order valence-electron chi connectivity index (χ3n) is 7.97. The first kappa shape index (κ1) is 25.7. The molecule has 0 bridgehead atoms. The summed E-state index contributed by atoms with van der Waals surface area (Å²) in [7, 11) is 1.70. The maximum Gasteiger partial charge on any atom is 0.166 e. The summed E-state index contributed by atoms with van der Waals surface area (Å²) in [6.07, 6.45) is 5.20. The van der Waals surface area contributed by atoms with Gasteiger partial charge in [-0.3, -0.25) is 4.90 Å². The normalized spacial score (nSPS) is 24.6. The molecule has 1 spiro atoms. The Kier molecular flexibility index (Phi) is 7.21. The minimum absolute atomic E-state index is 0. The predicted molar refractivity (Wildman–Crippen MR) is 147 cm³/mol. The Morgan fingerprint density at radius 2 is 1.89 bits per heavy atom. The molecule has 4 atom stereocenters. The van der Waals surface area contributed by atoms with Gasteiger partial charge >= 0.3 is 0 Å². The first-order chi connectivity index (χ1) is 17.6. The summed E-state index contributed by atoms with van der Waals surface area (Å²) in [6.45, 7) is 5.06. The zero-order valence-corrected chi connectivity index (χ0v) is 22.1. The molecule has 0 radical (unpaired) electrons. The minimum atomic E-state index is -0.464. The number of aliphatic hydroxyl groups excluding tert-OH is 1. The van der Waals surface area contributed by atoms with E-state index in [1.807, 2.05) is 48.5 Å². The SMILES string of the molecule is COc1ccc2c3c1O[C@H]1C[C@@H](O)C=C[C@@]31CCN(CC(C)c1cccc(Oc3ccccc3)c1)C2.Cl. The number of hydrogen-bond donors (Lipinski definition) is 1. The van der Waals surface area contributed by atoms with Gasteiger partial charge in [-0.2, -0.15) is 0 Å². The average molecular weight is 520 g/mol. The molecule has 0 saturated heterocycles. The Morgan fingerprint density at radius 3 is 2.70 bits per heavy atom. The van der Waals surface area contributed by atoms with E-state index in [9.17, 15) is 5.11 Å². The van der Waals surface area contributed by atoms with Crippen LogP contribution in [0.3, 0.4) is 0 Å². The molecule has 194 valence electrons. The van der Waals surface area contributed by atoms with Crippen molar-refractivity contribution < 1.29 is 19.3 Å². The van der Waals surface area contributed by atoms with E-state index in [2.05, 4.69) is 42.2 Å². The molecule has 0 fully saturated rings. The Hall–Kier alpha value is -2.99. The van der Waals surface area contributed by atoms with Crippen molar-refractivity contribution in [3.8, 4) is 23.0 Å². The molecule has 0 amide bonds. The summed E-state index contributed by atoms with van der Waals surface area (Å²) in [4.78, 5) is 2.56. The van der Waals surface area contributed by atoms with Crippen LogP contribution in [0.4, 0.5) is 0 Å². The Bertz CT molecular complexity index is 1280. The fourth-order valence-corrected chi connectivity index (χ4v) is 6.15. The van der Waals surface area contributed by atoms with Gasteiger partial charge in [0.2, 0.25) is 0 Å². The third kappa shape index (κ3) is 4.72. The molecule has 6 rings (SSSR count). The molecular formula is C31H34ClNO4. The molecule has 5 nitrogen and oxygen atoms in total. The summed E-state index contributed by atoms with van der Waals surface area (Å²) in [5, 5.41) is 10.3. The van der Waals surface area contributed by atoms with Gasteiger partial charge in [0.15, 0.2) is 11.5 Å². The zero-order valence-electron chi connectivity index (χ0n) is 21.3. The molecule has 6 heteroatoms. The molecular weight excluding hydrogens is 486 g/mol. The minimum Gasteiger partial charge on any atom is -0.493 e. The molecule has 3 aromatic rings. The molecule has 1 N–H and O–H groups in total. The van der Waals surface area contributed by atoms with E-state index in [1.165, 1.54) is 16.7 Å². The lowest BCUT2D eigenvalue weighted by Gasteiger charge is -2.36. The number of methoxy groups -OCH3 is 1. The number of benzene rings is 3. The van der Waals surface area contributed by atoms with Crippen LogP contribution in [0, 0.1) is 0 Å². The van der Waals surface area contributed by atoms with Crippen molar-refractivity contribution in [3.05, 3.63) is 95.6 Å². The summed E-state index contributed by atoms with van der Waals surface area (Å²) >= 11 is 0. The van der Waals surface area contributed by atoms with Crippen molar-refractivity contribution >= 4 is 12.4 Å². The van der Waals surface area contributed by atoms with Crippen molar-refractivity contribution in [2.24, 2.45) is 0 Å². The lowest BCUT2D eigenvalue weighted by Crippen LogP contribution is -2.43. The zero-order chi connectivity index (χ0) is 24.7. The van der Waals surface area contributed by atoms with Crippen LogP contribution < -0.4 is 14.2 Å². The van der Waals surface area contributed by atoms with Crippen LogP contribution in [0.15, 0.2) is 78.9 Å². The number of halogens is 1. The van der Waals surface area contributed by atoms with Crippen LogP contribution in [0.25, 0.3) is 0 Å². The second-order valence-corrected chi connectivity index (χ2v) is 10.3. The van der Waals surface area contributed by atoms with Crippen molar-refractivity contribution in [2.45, 2.75) is 49.9 Å². The van der Waals surface area contributed by atoms with E-state index in [1.54, 1.807) is 7.11 Å². The maximum absolute atomic E-state index is 10.3. The highest BCUT2D eigenvalue weighted by atomic mass is 35.5. The standard InChI is InChI=1S/C31H33NO4.ClH/c1-21(22-7-6-10-26(17-22)35-25-8-4-3-5-9-25)19-32-16-15-31-14-13-24(33)18-28(31)36-30-27(34-2)12-11-23(20-32)29(30)31;/h3-14,17,21,24,28,33H,15-16,18-20H2,1-2H3;1H/t21?,24-,28-,31-;/m0./s1. The van der Waals surface area contributed by atoms with Gasteiger partial charge in [0.25, 0.3) is 0 Å².